The third-order valence-electron chi connectivity index (χ3n) is 3.59. The van der Waals surface area contributed by atoms with E-state index < -0.39 is 0 Å². The van der Waals surface area contributed by atoms with Crippen molar-refractivity contribution >= 4 is 44.8 Å². The van der Waals surface area contributed by atoms with Crippen molar-refractivity contribution in [1.82, 2.24) is 0 Å². The van der Waals surface area contributed by atoms with Crippen LogP contribution in [0, 0.1) is 0 Å². The Morgan fingerprint density at radius 1 is 0.909 bits per heavy atom. The molecule has 0 amide bonds. The number of carbonyl (C=O) groups excluding carboxylic acids is 2. The van der Waals surface area contributed by atoms with Crippen molar-refractivity contribution in [2.45, 2.75) is 0 Å². The summed E-state index contributed by atoms with van der Waals surface area (Å²) in [6.07, 6.45) is 0. The lowest BCUT2D eigenvalue weighted by Crippen LogP contribution is -2.30. The molecule has 0 N–H and O–H groups in total. The van der Waals surface area contributed by atoms with Crippen molar-refractivity contribution in [2.75, 3.05) is 11.9 Å². The summed E-state index contributed by atoms with van der Waals surface area (Å²) in [6.45, 7) is 0. The van der Waals surface area contributed by atoms with Crippen molar-refractivity contribution in [1.29, 1.82) is 0 Å². The molecular weight excluding hydrogens is 366 g/mol. The van der Waals surface area contributed by atoms with Gasteiger partial charge in [-0.2, -0.15) is 0 Å². The molecule has 3 rings (SSSR count). The minimum absolute atomic E-state index is 0.0471. The molecule has 2 aromatic carbocycles. The number of rotatable bonds is 2. The van der Waals surface area contributed by atoms with E-state index in [0.717, 1.165) is 10.2 Å². The quantitative estimate of drug-likeness (QED) is 0.779. The van der Waals surface area contributed by atoms with Gasteiger partial charge in [0.1, 0.15) is 10.7 Å². The Balaban J connectivity index is 2.10. The molecule has 0 aromatic heterocycles. The van der Waals surface area contributed by atoms with Crippen molar-refractivity contribution in [3.63, 3.8) is 0 Å². The van der Waals surface area contributed by atoms with E-state index in [9.17, 15) is 9.59 Å². The van der Waals surface area contributed by atoms with Gasteiger partial charge in [0.15, 0.2) is 0 Å². The number of benzene rings is 2. The van der Waals surface area contributed by atoms with Crippen molar-refractivity contribution in [3.05, 3.63) is 74.9 Å². The number of Topliss-reactive ketones (excluding diaryl/α,β-unsaturated/α-hetero) is 2. The van der Waals surface area contributed by atoms with E-state index in [0.29, 0.717) is 11.1 Å². The number of allylic oxidation sites excluding steroid dienone is 2. The summed E-state index contributed by atoms with van der Waals surface area (Å²) in [5, 5.41) is -0.0471. The fraction of sp³-hybridized carbons (Fsp3) is 0.0588. The van der Waals surface area contributed by atoms with Crippen molar-refractivity contribution in [2.24, 2.45) is 0 Å². The van der Waals surface area contributed by atoms with Gasteiger partial charge in [0, 0.05) is 28.3 Å². The predicted molar refractivity (Wildman–Crippen MR) is 90.5 cm³/mol. The number of carbonyl (C=O) groups is 2. The molecule has 110 valence electrons. The summed E-state index contributed by atoms with van der Waals surface area (Å²) in [5.41, 5.74) is 1.71. The molecule has 0 unspecified atom stereocenters. The van der Waals surface area contributed by atoms with Crippen LogP contribution in [0.4, 0.5) is 5.69 Å². The average molecular weight is 377 g/mol. The number of nitrogens with zero attached hydrogens (tertiary/aromatic N) is 1. The molecule has 0 atom stereocenters. The van der Waals surface area contributed by atoms with Crippen molar-refractivity contribution in [3.8, 4) is 0 Å². The average Bonchev–Trinajstić information content (AvgIpc) is 2.53. The second-order valence-corrected chi connectivity index (χ2v) is 6.20. The smallest absolute Gasteiger partial charge is 0.211 e. The summed E-state index contributed by atoms with van der Waals surface area (Å²) in [4.78, 5) is 26.7. The molecule has 0 saturated carbocycles. The number of ketones is 2. The van der Waals surface area contributed by atoms with Crippen LogP contribution >= 0.6 is 27.5 Å². The summed E-state index contributed by atoms with van der Waals surface area (Å²) in [6, 6.07) is 14.1. The van der Waals surface area contributed by atoms with Crippen LogP contribution < -0.4 is 4.90 Å². The van der Waals surface area contributed by atoms with Crippen LogP contribution in [-0.4, -0.2) is 18.6 Å². The summed E-state index contributed by atoms with van der Waals surface area (Å²) < 4.78 is 0.932. The van der Waals surface area contributed by atoms with E-state index in [-0.39, 0.29) is 22.3 Å². The first-order valence-electron chi connectivity index (χ1n) is 6.58. The van der Waals surface area contributed by atoms with Gasteiger partial charge in [-0.1, -0.05) is 51.8 Å². The van der Waals surface area contributed by atoms with E-state index in [1.54, 1.807) is 36.2 Å². The van der Waals surface area contributed by atoms with E-state index in [1.807, 2.05) is 24.3 Å². The van der Waals surface area contributed by atoms with Crippen LogP contribution in [0.15, 0.2) is 63.7 Å². The monoisotopic (exact) mass is 375 g/mol. The predicted octanol–water partition coefficient (Wildman–Crippen LogP) is 4.41. The van der Waals surface area contributed by atoms with Crippen LogP contribution in [-0.2, 0) is 0 Å². The number of fused-ring (bicyclic) bond motifs is 1. The Bertz CT molecular complexity index is 812. The standard InChI is InChI=1S/C17H11BrClNO2/c1-20(11-8-6-10(18)7-9-11)15-14(19)16(21)12-4-2-3-5-13(12)17(15)22/h2-9H,1H3. The first-order chi connectivity index (χ1) is 10.5. The van der Waals surface area contributed by atoms with Gasteiger partial charge >= 0.3 is 0 Å². The maximum atomic E-state index is 12.7. The third kappa shape index (κ3) is 2.38. The molecule has 0 saturated heterocycles. The second kappa shape index (κ2) is 5.71. The Kier molecular flexibility index (Phi) is 3.89. The molecule has 22 heavy (non-hydrogen) atoms. The highest BCUT2D eigenvalue weighted by Crippen LogP contribution is 2.32. The first kappa shape index (κ1) is 15.0. The maximum Gasteiger partial charge on any atom is 0.211 e. The number of hydrogen-bond acceptors (Lipinski definition) is 3. The second-order valence-electron chi connectivity index (χ2n) is 4.90. The first-order valence-corrected chi connectivity index (χ1v) is 7.75. The molecule has 0 spiro atoms. The molecule has 1 aliphatic rings. The molecule has 0 aliphatic heterocycles. The zero-order chi connectivity index (χ0) is 15.9. The lowest BCUT2D eigenvalue weighted by atomic mass is 9.92. The number of anilines is 1. The van der Waals surface area contributed by atoms with Gasteiger partial charge in [0.25, 0.3) is 0 Å². The van der Waals surface area contributed by atoms with E-state index in [1.165, 1.54) is 0 Å². The largest absolute Gasteiger partial charge is 0.340 e. The molecule has 2 aromatic rings. The normalized spacial score (nSPS) is 14.1. The molecular formula is C17H11BrClNO2. The zero-order valence-corrected chi connectivity index (χ0v) is 14.0. The summed E-state index contributed by atoms with van der Waals surface area (Å²) in [7, 11) is 1.72. The van der Waals surface area contributed by atoms with Gasteiger partial charge in [-0.3, -0.25) is 9.59 Å². The zero-order valence-electron chi connectivity index (χ0n) is 11.6. The Morgan fingerprint density at radius 3 is 2.05 bits per heavy atom. The molecule has 0 fully saturated rings. The van der Waals surface area contributed by atoms with Crippen LogP contribution in [0.1, 0.15) is 20.7 Å². The maximum absolute atomic E-state index is 12.7. The van der Waals surface area contributed by atoms with E-state index in [4.69, 9.17) is 11.6 Å². The Labute approximate surface area is 141 Å². The van der Waals surface area contributed by atoms with Gasteiger partial charge in [-0.05, 0) is 24.3 Å². The molecule has 1 aliphatic carbocycles. The van der Waals surface area contributed by atoms with Crippen molar-refractivity contribution < 1.29 is 9.59 Å². The van der Waals surface area contributed by atoms with Gasteiger partial charge in [-0.25, -0.2) is 0 Å². The van der Waals surface area contributed by atoms with Gasteiger partial charge < -0.3 is 4.90 Å². The van der Waals surface area contributed by atoms with E-state index >= 15 is 0 Å². The molecule has 0 bridgehead atoms. The van der Waals surface area contributed by atoms with Gasteiger partial charge in [0.2, 0.25) is 11.6 Å². The van der Waals surface area contributed by atoms with Crippen LogP contribution in [0.2, 0.25) is 0 Å². The minimum Gasteiger partial charge on any atom is -0.340 e. The van der Waals surface area contributed by atoms with Crippen LogP contribution in [0.3, 0.4) is 0 Å². The fourth-order valence-corrected chi connectivity index (χ4v) is 3.00. The highest BCUT2D eigenvalue weighted by molar-refractivity contribution is 9.10. The van der Waals surface area contributed by atoms with E-state index in [2.05, 4.69) is 15.9 Å². The number of likely N-dealkylation sites (N-methyl/N-ethyl adjacent to an activating group) is 1. The molecule has 3 nitrogen and oxygen atoms in total. The number of halogens is 2. The highest BCUT2D eigenvalue weighted by Gasteiger charge is 2.33. The molecule has 5 heteroatoms. The SMILES string of the molecule is CN(C1=C(Cl)C(=O)c2ccccc2C1=O)c1ccc(Br)cc1. The van der Waals surface area contributed by atoms with Crippen LogP contribution in [0.25, 0.3) is 0 Å². The number of hydrogen-bond donors (Lipinski definition) is 0. The highest BCUT2D eigenvalue weighted by atomic mass is 79.9. The van der Waals surface area contributed by atoms with Gasteiger partial charge in [-0.15, -0.1) is 0 Å². The molecule has 0 radical (unpaired) electrons. The fourth-order valence-electron chi connectivity index (χ4n) is 2.43. The Morgan fingerprint density at radius 2 is 1.45 bits per heavy atom. The topological polar surface area (TPSA) is 37.4 Å². The van der Waals surface area contributed by atoms with Crippen LogP contribution in [0.5, 0.6) is 0 Å². The lowest BCUT2D eigenvalue weighted by molar-refractivity contribution is 0.0979. The lowest BCUT2D eigenvalue weighted by Gasteiger charge is -2.26. The molecule has 0 heterocycles. The third-order valence-corrected chi connectivity index (χ3v) is 4.47. The minimum atomic E-state index is -0.323. The summed E-state index contributed by atoms with van der Waals surface area (Å²) >= 11 is 9.56. The van der Waals surface area contributed by atoms with Gasteiger partial charge in [0.05, 0.1) is 0 Å². The Hall–Kier alpha value is -1.91. The summed E-state index contributed by atoms with van der Waals surface area (Å²) in [5.74, 6) is -0.568.